The van der Waals surface area contributed by atoms with Gasteiger partial charge in [0, 0.05) is 31.7 Å². The Bertz CT molecular complexity index is 315. The average molecular weight is 276 g/mol. The summed E-state index contributed by atoms with van der Waals surface area (Å²) in [5.74, 6) is 3.06. The van der Waals surface area contributed by atoms with Crippen LogP contribution in [-0.4, -0.2) is 36.6 Å². The molecule has 0 spiro atoms. The quantitative estimate of drug-likeness (QED) is 0.846. The Morgan fingerprint density at radius 2 is 1.60 bits per heavy atom. The normalized spacial score (nSPS) is 37.8. The highest BCUT2D eigenvalue weighted by molar-refractivity contribution is 4.97. The first-order valence-electron chi connectivity index (χ1n) is 9.37. The van der Waals surface area contributed by atoms with Gasteiger partial charge in [-0.1, -0.05) is 25.7 Å². The summed E-state index contributed by atoms with van der Waals surface area (Å²) in [7, 11) is 0. The molecule has 2 heteroatoms. The van der Waals surface area contributed by atoms with Crippen molar-refractivity contribution in [2.24, 2.45) is 17.8 Å². The van der Waals surface area contributed by atoms with E-state index in [1.807, 2.05) is 0 Å². The lowest BCUT2D eigenvalue weighted by molar-refractivity contribution is 0.0416. The Balaban J connectivity index is 1.40. The Hall–Kier alpha value is -0.0800. The fourth-order valence-corrected chi connectivity index (χ4v) is 4.87. The van der Waals surface area contributed by atoms with Crippen LogP contribution in [0.5, 0.6) is 0 Å². The van der Waals surface area contributed by atoms with E-state index >= 15 is 0 Å². The van der Waals surface area contributed by atoms with Crippen LogP contribution >= 0.6 is 0 Å². The summed E-state index contributed by atoms with van der Waals surface area (Å²) in [5, 5.41) is 3.93. The molecule has 2 atom stereocenters. The van der Waals surface area contributed by atoms with Gasteiger partial charge in [-0.3, -0.25) is 4.90 Å². The first-order chi connectivity index (χ1) is 9.90. The molecule has 4 aliphatic rings. The molecule has 1 N–H and O–H groups in total. The summed E-state index contributed by atoms with van der Waals surface area (Å²) in [6, 6.07) is 1.70. The van der Waals surface area contributed by atoms with Gasteiger partial charge in [0.15, 0.2) is 0 Å². The summed E-state index contributed by atoms with van der Waals surface area (Å²) in [6.45, 7) is 4.08. The van der Waals surface area contributed by atoms with E-state index in [4.69, 9.17) is 0 Å². The highest BCUT2D eigenvalue weighted by Crippen LogP contribution is 2.38. The molecule has 0 radical (unpaired) electrons. The molecule has 0 amide bonds. The van der Waals surface area contributed by atoms with Gasteiger partial charge in [0.25, 0.3) is 0 Å². The maximum absolute atomic E-state index is 3.93. The summed E-state index contributed by atoms with van der Waals surface area (Å²) >= 11 is 0. The summed E-state index contributed by atoms with van der Waals surface area (Å²) < 4.78 is 0. The van der Waals surface area contributed by atoms with Crippen molar-refractivity contribution in [2.45, 2.75) is 76.3 Å². The third-order valence-electron chi connectivity index (χ3n) is 6.59. The Morgan fingerprint density at radius 1 is 0.800 bits per heavy atom. The molecular formula is C18H32N2. The van der Waals surface area contributed by atoms with Crippen molar-refractivity contribution in [2.75, 3.05) is 19.6 Å². The van der Waals surface area contributed by atoms with Crippen LogP contribution in [0.15, 0.2) is 0 Å². The molecule has 0 aromatic heterocycles. The predicted octanol–water partition coefficient (Wildman–Crippen LogP) is 3.42. The van der Waals surface area contributed by atoms with Gasteiger partial charge < -0.3 is 5.32 Å². The molecule has 3 aliphatic carbocycles. The van der Waals surface area contributed by atoms with E-state index in [1.165, 1.54) is 83.8 Å². The molecule has 0 aromatic carbocycles. The number of nitrogens with one attached hydrogen (secondary N) is 1. The van der Waals surface area contributed by atoms with E-state index in [0.717, 1.165) is 29.8 Å². The van der Waals surface area contributed by atoms with Crippen molar-refractivity contribution >= 4 is 0 Å². The van der Waals surface area contributed by atoms with Crippen molar-refractivity contribution in [3.8, 4) is 0 Å². The highest BCUT2D eigenvalue weighted by Gasteiger charge is 2.40. The van der Waals surface area contributed by atoms with Crippen LogP contribution < -0.4 is 5.32 Å². The predicted molar refractivity (Wildman–Crippen MR) is 83.8 cm³/mol. The molecule has 1 heterocycles. The number of nitrogens with zero attached hydrogens (tertiary/aromatic N) is 1. The zero-order chi connectivity index (χ0) is 13.4. The largest absolute Gasteiger partial charge is 0.311 e. The van der Waals surface area contributed by atoms with E-state index in [0.29, 0.717) is 0 Å². The van der Waals surface area contributed by atoms with E-state index in [1.54, 1.807) is 0 Å². The lowest BCUT2D eigenvalue weighted by Gasteiger charge is -2.47. The number of hydrogen-bond donors (Lipinski definition) is 1. The van der Waals surface area contributed by atoms with Crippen molar-refractivity contribution in [3.05, 3.63) is 0 Å². The SMILES string of the molecule is C1CCC(C2CNC(C3CC3)CN2CC2CCC2)CC1. The van der Waals surface area contributed by atoms with Gasteiger partial charge in [-0.2, -0.15) is 0 Å². The van der Waals surface area contributed by atoms with E-state index < -0.39 is 0 Å². The Labute approximate surface area is 124 Å². The molecule has 20 heavy (non-hydrogen) atoms. The molecule has 0 aromatic rings. The third-order valence-corrected chi connectivity index (χ3v) is 6.59. The van der Waals surface area contributed by atoms with Gasteiger partial charge in [0.1, 0.15) is 0 Å². The number of rotatable bonds is 4. The van der Waals surface area contributed by atoms with Gasteiger partial charge in [-0.15, -0.1) is 0 Å². The number of hydrogen-bond acceptors (Lipinski definition) is 2. The third kappa shape index (κ3) is 2.92. The van der Waals surface area contributed by atoms with Gasteiger partial charge in [-0.05, 0) is 56.3 Å². The van der Waals surface area contributed by atoms with E-state index in [9.17, 15) is 0 Å². The van der Waals surface area contributed by atoms with Gasteiger partial charge in [0.2, 0.25) is 0 Å². The molecule has 1 saturated heterocycles. The lowest BCUT2D eigenvalue weighted by atomic mass is 9.80. The molecule has 114 valence electrons. The maximum atomic E-state index is 3.93. The van der Waals surface area contributed by atoms with Crippen LogP contribution in [0, 0.1) is 17.8 Å². The molecule has 4 rings (SSSR count). The molecule has 2 nitrogen and oxygen atoms in total. The summed E-state index contributed by atoms with van der Waals surface area (Å²) in [4.78, 5) is 2.94. The number of piperazine rings is 1. The van der Waals surface area contributed by atoms with Crippen LogP contribution in [0.4, 0.5) is 0 Å². The lowest BCUT2D eigenvalue weighted by Crippen LogP contribution is -2.60. The van der Waals surface area contributed by atoms with Crippen molar-refractivity contribution in [1.82, 2.24) is 10.2 Å². The van der Waals surface area contributed by atoms with Crippen molar-refractivity contribution in [1.29, 1.82) is 0 Å². The standard InChI is InChI=1S/C18H32N2/c1-2-7-16(8-3-1)18-11-19-17(15-9-10-15)13-20(18)12-14-5-4-6-14/h14-19H,1-13H2. The molecule has 4 fully saturated rings. The molecular weight excluding hydrogens is 244 g/mol. The molecule has 2 unspecified atom stereocenters. The van der Waals surface area contributed by atoms with E-state index in [2.05, 4.69) is 10.2 Å². The fourth-order valence-electron chi connectivity index (χ4n) is 4.87. The average Bonchev–Trinajstić information content (AvgIpc) is 3.28. The Morgan fingerprint density at radius 3 is 2.25 bits per heavy atom. The van der Waals surface area contributed by atoms with Crippen LogP contribution in [0.3, 0.4) is 0 Å². The second kappa shape index (κ2) is 5.96. The van der Waals surface area contributed by atoms with Gasteiger partial charge >= 0.3 is 0 Å². The highest BCUT2D eigenvalue weighted by atomic mass is 15.2. The first kappa shape index (κ1) is 13.6. The molecule has 1 aliphatic heterocycles. The summed E-state index contributed by atoms with van der Waals surface area (Å²) in [5.41, 5.74) is 0. The zero-order valence-electron chi connectivity index (χ0n) is 13.0. The van der Waals surface area contributed by atoms with Crippen molar-refractivity contribution < 1.29 is 0 Å². The van der Waals surface area contributed by atoms with Crippen LogP contribution in [0.1, 0.15) is 64.2 Å². The minimum Gasteiger partial charge on any atom is -0.311 e. The van der Waals surface area contributed by atoms with Gasteiger partial charge in [-0.25, -0.2) is 0 Å². The second-order valence-electron chi connectivity index (χ2n) is 8.07. The van der Waals surface area contributed by atoms with Crippen LogP contribution in [0.2, 0.25) is 0 Å². The first-order valence-corrected chi connectivity index (χ1v) is 9.37. The van der Waals surface area contributed by atoms with Crippen LogP contribution in [0.25, 0.3) is 0 Å². The fraction of sp³-hybridized carbons (Fsp3) is 1.00. The summed E-state index contributed by atoms with van der Waals surface area (Å²) in [6.07, 6.45) is 15.0. The Kier molecular flexibility index (Phi) is 4.05. The minimum atomic E-state index is 0.829. The minimum absolute atomic E-state index is 0.829. The topological polar surface area (TPSA) is 15.3 Å². The second-order valence-corrected chi connectivity index (χ2v) is 8.07. The van der Waals surface area contributed by atoms with Crippen molar-refractivity contribution in [3.63, 3.8) is 0 Å². The van der Waals surface area contributed by atoms with Gasteiger partial charge in [0.05, 0.1) is 0 Å². The smallest absolute Gasteiger partial charge is 0.0249 e. The van der Waals surface area contributed by atoms with Crippen LogP contribution in [-0.2, 0) is 0 Å². The molecule has 3 saturated carbocycles. The monoisotopic (exact) mass is 276 g/mol. The zero-order valence-corrected chi connectivity index (χ0v) is 13.0. The van der Waals surface area contributed by atoms with E-state index in [-0.39, 0.29) is 0 Å². The molecule has 0 bridgehead atoms. The maximum Gasteiger partial charge on any atom is 0.0249 e.